The number of fused-ring (bicyclic) bond motifs is 2. The zero-order chi connectivity index (χ0) is 18.7. The molecule has 1 aliphatic heterocycles. The number of aromatic nitrogens is 3. The van der Waals surface area contributed by atoms with E-state index >= 15 is 0 Å². The Bertz CT molecular complexity index is 1110. The van der Waals surface area contributed by atoms with Crippen LogP contribution < -0.4 is 0 Å². The van der Waals surface area contributed by atoms with Gasteiger partial charge in [-0.1, -0.05) is 26.0 Å². The molecule has 0 radical (unpaired) electrons. The molecule has 1 aromatic carbocycles. The molecule has 0 spiro atoms. The van der Waals surface area contributed by atoms with Crippen molar-refractivity contribution >= 4 is 11.4 Å². The summed E-state index contributed by atoms with van der Waals surface area (Å²) in [5.74, 6) is -0.229. The van der Waals surface area contributed by atoms with Crippen molar-refractivity contribution < 1.29 is 4.39 Å². The minimum Gasteiger partial charge on any atom is -0.277 e. The van der Waals surface area contributed by atoms with Crippen LogP contribution in [0, 0.1) is 17.1 Å². The van der Waals surface area contributed by atoms with E-state index in [1.165, 1.54) is 12.3 Å². The average molecular weight is 347 g/mol. The van der Waals surface area contributed by atoms with Gasteiger partial charge in [-0.25, -0.2) is 13.9 Å². The predicted molar refractivity (Wildman–Crippen MR) is 96.8 cm³/mol. The largest absolute Gasteiger partial charge is 0.277 e. The SMILES string of the molecule is CC1(C)N=C(c2cnc3c(C#N)cnn3c2)c2cccc(F)c2C1(C)C. The smallest absolute Gasteiger partial charge is 0.172 e. The highest BCUT2D eigenvalue weighted by atomic mass is 19.1. The molecule has 0 atom stereocenters. The number of nitrogens with zero attached hydrogens (tertiary/aromatic N) is 5. The maximum Gasteiger partial charge on any atom is 0.172 e. The summed E-state index contributed by atoms with van der Waals surface area (Å²) in [5.41, 5.74) is 2.79. The summed E-state index contributed by atoms with van der Waals surface area (Å²) >= 11 is 0. The van der Waals surface area contributed by atoms with Gasteiger partial charge in [0.25, 0.3) is 0 Å². The highest BCUT2D eigenvalue weighted by molar-refractivity contribution is 6.14. The van der Waals surface area contributed by atoms with Crippen LogP contribution in [0.5, 0.6) is 0 Å². The average Bonchev–Trinajstić information content (AvgIpc) is 3.00. The molecule has 130 valence electrons. The first-order valence-corrected chi connectivity index (χ1v) is 8.39. The Morgan fingerprint density at radius 2 is 1.92 bits per heavy atom. The second kappa shape index (κ2) is 5.21. The molecule has 0 saturated carbocycles. The number of aliphatic imine (C=N–C) groups is 1. The quantitative estimate of drug-likeness (QED) is 0.675. The lowest BCUT2D eigenvalue weighted by Crippen LogP contribution is -2.46. The maximum atomic E-state index is 14.8. The minimum atomic E-state index is -0.506. The third kappa shape index (κ3) is 2.10. The summed E-state index contributed by atoms with van der Waals surface area (Å²) in [6.45, 7) is 8.05. The highest BCUT2D eigenvalue weighted by Crippen LogP contribution is 2.44. The second-order valence-corrected chi connectivity index (χ2v) is 7.59. The lowest BCUT2D eigenvalue weighted by Gasteiger charge is -2.44. The standard InChI is InChI=1S/C20H18FN5/c1-19(2)16-14(6-5-7-15(16)21)17(25-20(19,3)4)13-9-23-18-12(8-22)10-24-26(18)11-13/h5-7,9-11H,1-4H3. The summed E-state index contributed by atoms with van der Waals surface area (Å²) in [6.07, 6.45) is 4.93. The predicted octanol–water partition coefficient (Wildman–Crippen LogP) is 3.65. The van der Waals surface area contributed by atoms with Gasteiger partial charge in [0.05, 0.1) is 17.4 Å². The van der Waals surface area contributed by atoms with Crippen LogP contribution in [0.2, 0.25) is 0 Å². The number of hydrogen-bond acceptors (Lipinski definition) is 4. The summed E-state index contributed by atoms with van der Waals surface area (Å²) in [4.78, 5) is 9.33. The van der Waals surface area contributed by atoms with Crippen LogP contribution >= 0.6 is 0 Å². The van der Waals surface area contributed by atoms with Gasteiger partial charge in [0, 0.05) is 34.5 Å². The Kier molecular flexibility index (Phi) is 3.29. The van der Waals surface area contributed by atoms with E-state index < -0.39 is 11.0 Å². The zero-order valence-electron chi connectivity index (χ0n) is 15.1. The summed E-state index contributed by atoms with van der Waals surface area (Å²) in [6, 6.07) is 7.16. The van der Waals surface area contributed by atoms with E-state index in [1.54, 1.807) is 23.0 Å². The van der Waals surface area contributed by atoms with Crippen molar-refractivity contribution in [1.82, 2.24) is 14.6 Å². The van der Waals surface area contributed by atoms with Crippen molar-refractivity contribution in [3.63, 3.8) is 0 Å². The Morgan fingerprint density at radius 1 is 1.15 bits per heavy atom. The molecule has 26 heavy (non-hydrogen) atoms. The number of nitriles is 1. The van der Waals surface area contributed by atoms with Crippen LogP contribution in [0.15, 0.2) is 41.8 Å². The van der Waals surface area contributed by atoms with Gasteiger partial charge in [0.1, 0.15) is 17.4 Å². The zero-order valence-corrected chi connectivity index (χ0v) is 15.1. The Hall–Kier alpha value is -3.07. The van der Waals surface area contributed by atoms with Gasteiger partial charge < -0.3 is 0 Å². The molecule has 3 heterocycles. The Morgan fingerprint density at radius 3 is 2.65 bits per heavy atom. The van der Waals surface area contributed by atoms with Gasteiger partial charge >= 0.3 is 0 Å². The van der Waals surface area contributed by atoms with Gasteiger partial charge in [-0.15, -0.1) is 0 Å². The van der Waals surface area contributed by atoms with Crippen molar-refractivity contribution in [2.75, 3.05) is 0 Å². The van der Waals surface area contributed by atoms with E-state index in [0.717, 1.165) is 11.1 Å². The lowest BCUT2D eigenvalue weighted by atomic mass is 9.65. The molecule has 0 aliphatic carbocycles. The molecule has 0 bridgehead atoms. The van der Waals surface area contributed by atoms with Crippen molar-refractivity contribution in [3.8, 4) is 6.07 Å². The van der Waals surface area contributed by atoms with Gasteiger partial charge in [-0.05, 0) is 19.9 Å². The van der Waals surface area contributed by atoms with Crippen LogP contribution in [0.3, 0.4) is 0 Å². The number of hydrogen-bond donors (Lipinski definition) is 0. The number of rotatable bonds is 1. The Balaban J connectivity index is 1.99. The maximum absolute atomic E-state index is 14.8. The molecular weight excluding hydrogens is 329 g/mol. The van der Waals surface area contributed by atoms with Crippen LogP contribution in [0.25, 0.3) is 5.65 Å². The van der Waals surface area contributed by atoms with Gasteiger partial charge in [-0.3, -0.25) is 4.99 Å². The van der Waals surface area contributed by atoms with E-state index in [1.807, 2.05) is 33.8 Å². The molecule has 0 saturated heterocycles. The van der Waals surface area contributed by atoms with Gasteiger partial charge in [0.15, 0.2) is 5.65 Å². The van der Waals surface area contributed by atoms with E-state index in [4.69, 9.17) is 10.3 Å². The van der Waals surface area contributed by atoms with Crippen molar-refractivity contribution in [2.24, 2.45) is 4.99 Å². The van der Waals surface area contributed by atoms with Gasteiger partial charge in [-0.2, -0.15) is 10.4 Å². The number of benzene rings is 1. The minimum absolute atomic E-state index is 0.229. The third-order valence-corrected chi connectivity index (χ3v) is 5.56. The monoisotopic (exact) mass is 347 g/mol. The molecule has 2 aromatic heterocycles. The van der Waals surface area contributed by atoms with Crippen molar-refractivity contribution in [3.05, 3.63) is 64.9 Å². The fraction of sp³-hybridized carbons (Fsp3) is 0.300. The summed E-state index contributed by atoms with van der Waals surface area (Å²) < 4.78 is 16.3. The first-order valence-electron chi connectivity index (χ1n) is 8.39. The van der Waals surface area contributed by atoms with Crippen LogP contribution in [0.4, 0.5) is 4.39 Å². The topological polar surface area (TPSA) is 66.3 Å². The highest BCUT2D eigenvalue weighted by Gasteiger charge is 2.45. The van der Waals surface area contributed by atoms with E-state index in [0.29, 0.717) is 22.5 Å². The molecule has 0 N–H and O–H groups in total. The van der Waals surface area contributed by atoms with E-state index in [9.17, 15) is 4.39 Å². The van der Waals surface area contributed by atoms with Gasteiger partial charge in [0.2, 0.25) is 0 Å². The molecular formula is C20H18FN5. The molecule has 0 fully saturated rings. The first-order chi connectivity index (χ1) is 12.3. The third-order valence-electron chi connectivity index (χ3n) is 5.56. The van der Waals surface area contributed by atoms with Crippen LogP contribution in [-0.4, -0.2) is 25.8 Å². The van der Waals surface area contributed by atoms with E-state index in [2.05, 4.69) is 16.2 Å². The molecule has 0 amide bonds. The van der Waals surface area contributed by atoms with E-state index in [-0.39, 0.29) is 5.82 Å². The molecule has 6 heteroatoms. The normalized spacial score (nSPS) is 17.5. The van der Waals surface area contributed by atoms with Crippen molar-refractivity contribution in [2.45, 2.75) is 38.6 Å². The first kappa shape index (κ1) is 16.4. The Labute approximate surface area is 150 Å². The lowest BCUT2D eigenvalue weighted by molar-refractivity contribution is 0.293. The fourth-order valence-electron chi connectivity index (χ4n) is 3.44. The molecule has 0 unspecified atom stereocenters. The second-order valence-electron chi connectivity index (χ2n) is 7.59. The molecule has 1 aliphatic rings. The van der Waals surface area contributed by atoms with Crippen LogP contribution in [0.1, 0.15) is 49.9 Å². The van der Waals surface area contributed by atoms with Crippen molar-refractivity contribution in [1.29, 1.82) is 5.26 Å². The fourth-order valence-corrected chi connectivity index (χ4v) is 3.44. The number of halogens is 1. The summed E-state index contributed by atoms with van der Waals surface area (Å²) in [7, 11) is 0. The molecule has 5 nitrogen and oxygen atoms in total. The molecule has 4 rings (SSSR count). The summed E-state index contributed by atoms with van der Waals surface area (Å²) in [5, 5.41) is 13.3. The molecule has 3 aromatic rings. The van der Waals surface area contributed by atoms with Crippen LogP contribution in [-0.2, 0) is 5.41 Å².